The highest BCUT2D eigenvalue weighted by Gasteiger charge is 2.13. The lowest BCUT2D eigenvalue weighted by atomic mass is 10.3. The van der Waals surface area contributed by atoms with E-state index in [-0.39, 0.29) is 12.5 Å². The Balaban J connectivity index is 1.92. The number of nitrogens with zero attached hydrogens (tertiary/aromatic N) is 2. The van der Waals surface area contributed by atoms with E-state index in [4.69, 9.17) is 4.52 Å². The maximum atomic E-state index is 12.0. The van der Waals surface area contributed by atoms with Gasteiger partial charge in [-0.15, -0.1) is 17.9 Å². The molecule has 0 bridgehead atoms. The van der Waals surface area contributed by atoms with Crippen molar-refractivity contribution in [1.29, 1.82) is 0 Å². The number of anilines is 1. The van der Waals surface area contributed by atoms with Crippen LogP contribution in [0.1, 0.15) is 10.6 Å². The number of hydrogen-bond acceptors (Lipinski definition) is 5. The number of nitrogens with one attached hydrogen (secondary N) is 1. The minimum atomic E-state index is -0.124. The summed E-state index contributed by atoms with van der Waals surface area (Å²) in [5.41, 5.74) is 0. The summed E-state index contributed by atoms with van der Waals surface area (Å²) in [6.07, 6.45) is 1.79. The fraction of sp³-hybridized carbons (Fsp3) is 0.286. The standard InChI is InChI=1S/C14H16BrN3O2S/c1-3-6-18(8-11-4-5-12(15)21-11)9-14(19)16-13-7-10(2)20-17-13/h3-5,7H,1,6,8-9H2,2H3,(H,16,17,19). The molecule has 2 aromatic rings. The second-order valence-corrected chi connectivity index (χ2v) is 7.08. The predicted octanol–water partition coefficient (Wildman–Crippen LogP) is 3.43. The van der Waals surface area contributed by atoms with Crippen molar-refractivity contribution >= 4 is 39.0 Å². The molecule has 0 aliphatic rings. The number of amides is 1. The summed E-state index contributed by atoms with van der Waals surface area (Å²) in [4.78, 5) is 15.2. The van der Waals surface area contributed by atoms with Crippen molar-refractivity contribution in [2.24, 2.45) is 0 Å². The summed E-state index contributed by atoms with van der Waals surface area (Å²) in [6.45, 7) is 7.13. The Morgan fingerprint density at radius 3 is 3.00 bits per heavy atom. The van der Waals surface area contributed by atoms with Gasteiger partial charge in [0, 0.05) is 24.0 Å². The number of carbonyl (C=O) groups excluding carboxylic acids is 1. The van der Waals surface area contributed by atoms with Crippen LogP contribution >= 0.6 is 27.3 Å². The van der Waals surface area contributed by atoms with Crippen LogP contribution in [0, 0.1) is 6.92 Å². The first-order valence-electron chi connectivity index (χ1n) is 6.37. The highest BCUT2D eigenvalue weighted by atomic mass is 79.9. The first-order valence-corrected chi connectivity index (χ1v) is 7.98. The monoisotopic (exact) mass is 369 g/mol. The number of aryl methyl sites for hydroxylation is 1. The fourth-order valence-corrected chi connectivity index (χ4v) is 3.36. The number of thiophene rings is 1. The molecular weight excluding hydrogens is 354 g/mol. The molecule has 5 nitrogen and oxygen atoms in total. The van der Waals surface area contributed by atoms with Crippen molar-refractivity contribution < 1.29 is 9.32 Å². The van der Waals surface area contributed by atoms with Crippen molar-refractivity contribution in [1.82, 2.24) is 10.1 Å². The molecule has 0 atom stereocenters. The fourth-order valence-electron chi connectivity index (χ4n) is 1.84. The van der Waals surface area contributed by atoms with Gasteiger partial charge >= 0.3 is 0 Å². The molecule has 0 aliphatic carbocycles. The van der Waals surface area contributed by atoms with Crippen molar-refractivity contribution in [3.05, 3.63) is 45.3 Å². The summed E-state index contributed by atoms with van der Waals surface area (Å²) < 4.78 is 6.00. The zero-order valence-corrected chi connectivity index (χ0v) is 14.0. The third-order valence-electron chi connectivity index (χ3n) is 2.66. The molecule has 0 radical (unpaired) electrons. The van der Waals surface area contributed by atoms with Gasteiger partial charge in [0.2, 0.25) is 5.91 Å². The molecule has 2 heterocycles. The van der Waals surface area contributed by atoms with Gasteiger partial charge in [0.1, 0.15) is 5.76 Å². The van der Waals surface area contributed by atoms with Gasteiger partial charge in [-0.3, -0.25) is 9.69 Å². The Morgan fingerprint density at radius 1 is 1.62 bits per heavy atom. The van der Waals surface area contributed by atoms with Gasteiger partial charge in [-0.2, -0.15) is 0 Å². The van der Waals surface area contributed by atoms with E-state index in [9.17, 15) is 4.79 Å². The summed E-state index contributed by atoms with van der Waals surface area (Å²) in [5.74, 6) is 0.979. The molecule has 2 aromatic heterocycles. The molecule has 0 saturated carbocycles. The molecule has 0 fully saturated rings. The molecule has 21 heavy (non-hydrogen) atoms. The van der Waals surface area contributed by atoms with E-state index in [0.717, 1.165) is 3.79 Å². The zero-order chi connectivity index (χ0) is 15.2. The largest absolute Gasteiger partial charge is 0.360 e. The average Bonchev–Trinajstić information content (AvgIpc) is 2.99. The highest BCUT2D eigenvalue weighted by Crippen LogP contribution is 2.23. The molecule has 1 N–H and O–H groups in total. The number of hydrogen-bond donors (Lipinski definition) is 1. The Kier molecular flexibility index (Phi) is 5.72. The normalized spacial score (nSPS) is 10.8. The molecule has 0 spiro atoms. The molecule has 2 rings (SSSR count). The first-order chi connectivity index (χ1) is 10.1. The molecule has 0 unspecified atom stereocenters. The van der Waals surface area contributed by atoms with E-state index < -0.39 is 0 Å². The van der Waals surface area contributed by atoms with E-state index in [1.807, 2.05) is 17.0 Å². The molecule has 0 aromatic carbocycles. The van der Waals surface area contributed by atoms with E-state index in [2.05, 4.69) is 33.0 Å². The number of aromatic nitrogens is 1. The summed E-state index contributed by atoms with van der Waals surface area (Å²) >= 11 is 5.10. The van der Waals surface area contributed by atoms with Gasteiger partial charge < -0.3 is 9.84 Å². The first kappa shape index (κ1) is 15.9. The van der Waals surface area contributed by atoms with Crippen molar-refractivity contribution in [2.75, 3.05) is 18.4 Å². The molecule has 1 amide bonds. The molecule has 112 valence electrons. The van der Waals surface area contributed by atoms with Crippen LogP contribution in [0.3, 0.4) is 0 Å². The quantitative estimate of drug-likeness (QED) is 0.759. The van der Waals surface area contributed by atoms with E-state index in [1.54, 1.807) is 30.4 Å². The van der Waals surface area contributed by atoms with Crippen LogP contribution < -0.4 is 5.32 Å². The summed E-state index contributed by atoms with van der Waals surface area (Å²) in [6, 6.07) is 5.74. The smallest absolute Gasteiger partial charge is 0.239 e. The topological polar surface area (TPSA) is 58.4 Å². The van der Waals surface area contributed by atoms with Gasteiger partial charge in [-0.1, -0.05) is 11.2 Å². The maximum Gasteiger partial charge on any atom is 0.239 e. The van der Waals surface area contributed by atoms with Crippen LogP contribution in [0.25, 0.3) is 0 Å². The van der Waals surface area contributed by atoms with Crippen LogP contribution in [0.2, 0.25) is 0 Å². The lowest BCUT2D eigenvalue weighted by Crippen LogP contribution is -2.32. The minimum absolute atomic E-state index is 0.124. The molecule has 0 aliphatic heterocycles. The Labute approximate surface area is 135 Å². The SMILES string of the molecule is C=CCN(CC(=O)Nc1cc(C)on1)Cc1ccc(Br)s1. The lowest BCUT2D eigenvalue weighted by molar-refractivity contribution is -0.117. The van der Waals surface area contributed by atoms with Crippen molar-refractivity contribution in [2.45, 2.75) is 13.5 Å². The van der Waals surface area contributed by atoms with Crippen molar-refractivity contribution in [3.8, 4) is 0 Å². The van der Waals surface area contributed by atoms with Crippen LogP contribution in [0.5, 0.6) is 0 Å². The number of carbonyl (C=O) groups is 1. The Hall–Kier alpha value is -1.44. The minimum Gasteiger partial charge on any atom is -0.360 e. The summed E-state index contributed by atoms with van der Waals surface area (Å²) in [7, 11) is 0. The maximum absolute atomic E-state index is 12.0. The second kappa shape index (κ2) is 7.53. The second-order valence-electron chi connectivity index (χ2n) is 4.54. The third kappa shape index (κ3) is 5.11. The van der Waals surface area contributed by atoms with Gasteiger partial charge in [-0.25, -0.2) is 0 Å². The van der Waals surface area contributed by atoms with Crippen LogP contribution in [-0.4, -0.2) is 29.1 Å². The van der Waals surface area contributed by atoms with Gasteiger partial charge in [0.15, 0.2) is 5.82 Å². The summed E-state index contributed by atoms with van der Waals surface area (Å²) in [5, 5.41) is 6.46. The third-order valence-corrected chi connectivity index (χ3v) is 4.27. The zero-order valence-electron chi connectivity index (χ0n) is 11.6. The van der Waals surface area contributed by atoms with Gasteiger partial charge in [0.05, 0.1) is 10.3 Å². The average molecular weight is 370 g/mol. The van der Waals surface area contributed by atoms with Crippen LogP contribution in [-0.2, 0) is 11.3 Å². The number of halogens is 1. The van der Waals surface area contributed by atoms with E-state index in [1.165, 1.54) is 4.88 Å². The highest BCUT2D eigenvalue weighted by molar-refractivity contribution is 9.11. The van der Waals surface area contributed by atoms with Gasteiger partial charge in [-0.05, 0) is 35.0 Å². The number of rotatable bonds is 7. The molecule has 7 heteroatoms. The van der Waals surface area contributed by atoms with E-state index >= 15 is 0 Å². The molecule has 0 saturated heterocycles. The van der Waals surface area contributed by atoms with Gasteiger partial charge in [0.25, 0.3) is 0 Å². The van der Waals surface area contributed by atoms with Crippen LogP contribution in [0.4, 0.5) is 5.82 Å². The van der Waals surface area contributed by atoms with Crippen molar-refractivity contribution in [3.63, 3.8) is 0 Å². The lowest BCUT2D eigenvalue weighted by Gasteiger charge is -2.18. The molecular formula is C14H16BrN3O2S. The Morgan fingerprint density at radius 2 is 2.43 bits per heavy atom. The van der Waals surface area contributed by atoms with Crippen LogP contribution in [0.15, 0.2) is 39.2 Å². The predicted molar refractivity (Wildman–Crippen MR) is 87.4 cm³/mol. The van der Waals surface area contributed by atoms with E-state index in [0.29, 0.717) is 24.7 Å². The Bertz CT molecular complexity index is 623.